The summed E-state index contributed by atoms with van der Waals surface area (Å²) in [7, 11) is 1.49. The average molecular weight is 412 g/mol. The molecule has 9 heteroatoms. The molecule has 0 heterocycles. The van der Waals surface area contributed by atoms with Gasteiger partial charge in [0.1, 0.15) is 11.5 Å². The van der Waals surface area contributed by atoms with Gasteiger partial charge in [-0.25, -0.2) is 4.99 Å². The number of carbonyl (C=O) groups is 1. The number of methoxy groups -OCH3 is 1. The number of carbonyl (C=O) groups excluding carboxylic acids is 1. The van der Waals surface area contributed by atoms with Crippen molar-refractivity contribution in [2.75, 3.05) is 20.2 Å². The third-order valence-electron chi connectivity index (χ3n) is 4.62. The molecule has 1 aliphatic carbocycles. The lowest BCUT2D eigenvalue weighted by molar-refractivity contribution is -0.120. The summed E-state index contributed by atoms with van der Waals surface area (Å²) in [6.45, 7) is -0.272. The monoisotopic (exact) mass is 412 g/mol. The van der Waals surface area contributed by atoms with E-state index in [9.17, 15) is 13.6 Å². The number of amides is 1. The summed E-state index contributed by atoms with van der Waals surface area (Å²) < 4.78 is 35.0. The van der Waals surface area contributed by atoms with Crippen LogP contribution in [0.4, 0.5) is 8.78 Å². The zero-order valence-corrected chi connectivity index (χ0v) is 17.0. The molecule has 1 aliphatic rings. The van der Waals surface area contributed by atoms with Crippen LogP contribution in [0.2, 0.25) is 0 Å². The largest absolute Gasteiger partial charge is 0.497 e. The fraction of sp³-hybridized carbons (Fsp3) is 0.600. The Bertz CT molecular complexity index is 680. The van der Waals surface area contributed by atoms with Crippen molar-refractivity contribution in [3.8, 4) is 11.5 Å². The van der Waals surface area contributed by atoms with Crippen LogP contribution in [-0.4, -0.2) is 44.7 Å². The fourth-order valence-electron chi connectivity index (χ4n) is 3.21. The van der Waals surface area contributed by atoms with Crippen LogP contribution >= 0.6 is 0 Å². The van der Waals surface area contributed by atoms with Gasteiger partial charge in [-0.2, -0.15) is 8.78 Å². The van der Waals surface area contributed by atoms with Crippen LogP contribution in [0.25, 0.3) is 0 Å². The van der Waals surface area contributed by atoms with Gasteiger partial charge in [-0.3, -0.25) is 4.79 Å². The summed E-state index contributed by atoms with van der Waals surface area (Å²) in [5, 5.41) is 9.05. The fourth-order valence-corrected chi connectivity index (χ4v) is 3.21. The maximum Gasteiger partial charge on any atom is 0.387 e. The van der Waals surface area contributed by atoms with Gasteiger partial charge in [0.15, 0.2) is 5.96 Å². The second kappa shape index (κ2) is 12.1. The second-order valence-corrected chi connectivity index (χ2v) is 6.80. The van der Waals surface area contributed by atoms with Crippen molar-refractivity contribution >= 4 is 11.9 Å². The molecule has 0 aliphatic heterocycles. The molecule has 29 heavy (non-hydrogen) atoms. The first-order valence-electron chi connectivity index (χ1n) is 9.95. The minimum absolute atomic E-state index is 0.0374. The van der Waals surface area contributed by atoms with Crippen molar-refractivity contribution < 1.29 is 23.0 Å². The summed E-state index contributed by atoms with van der Waals surface area (Å²) in [4.78, 5) is 16.6. The molecule has 0 bridgehead atoms. The summed E-state index contributed by atoms with van der Waals surface area (Å²) in [6, 6.07) is 4.81. The van der Waals surface area contributed by atoms with Crippen molar-refractivity contribution in [1.29, 1.82) is 0 Å². The predicted molar refractivity (Wildman–Crippen MR) is 107 cm³/mol. The van der Waals surface area contributed by atoms with Crippen LogP contribution in [0.1, 0.15) is 44.6 Å². The first-order valence-corrected chi connectivity index (χ1v) is 9.95. The molecule has 0 atom stereocenters. The minimum atomic E-state index is -2.93. The van der Waals surface area contributed by atoms with Crippen molar-refractivity contribution in [1.82, 2.24) is 16.0 Å². The number of rotatable bonds is 9. The maximum atomic E-state index is 12.6. The van der Waals surface area contributed by atoms with Crippen LogP contribution < -0.4 is 25.4 Å². The highest BCUT2D eigenvalue weighted by molar-refractivity contribution is 5.86. The SMILES string of the molecule is CCNC(=NCc1cc(OC)ccc1OC(F)F)NCC(=O)NC1CCCCC1. The number of hydrogen-bond acceptors (Lipinski definition) is 4. The molecule has 1 saturated carbocycles. The normalized spacial score (nSPS) is 15.1. The van der Waals surface area contributed by atoms with Crippen LogP contribution in [-0.2, 0) is 11.3 Å². The Morgan fingerprint density at radius 3 is 2.66 bits per heavy atom. The molecule has 0 aromatic heterocycles. The lowest BCUT2D eigenvalue weighted by Gasteiger charge is -2.23. The van der Waals surface area contributed by atoms with E-state index in [1.165, 1.54) is 19.6 Å². The van der Waals surface area contributed by atoms with E-state index in [0.717, 1.165) is 25.7 Å². The Kier molecular flexibility index (Phi) is 9.46. The first kappa shape index (κ1) is 22.7. The van der Waals surface area contributed by atoms with Gasteiger partial charge in [0, 0.05) is 18.2 Å². The number of aliphatic imine (C=N–C) groups is 1. The van der Waals surface area contributed by atoms with Crippen LogP contribution in [0.15, 0.2) is 23.2 Å². The quantitative estimate of drug-likeness (QED) is 0.429. The van der Waals surface area contributed by atoms with Crippen molar-refractivity contribution in [3.05, 3.63) is 23.8 Å². The number of hydrogen-bond donors (Lipinski definition) is 3. The smallest absolute Gasteiger partial charge is 0.387 e. The molecule has 0 radical (unpaired) electrons. The molecule has 1 aromatic rings. The number of nitrogens with one attached hydrogen (secondary N) is 3. The van der Waals surface area contributed by atoms with Gasteiger partial charge >= 0.3 is 6.61 Å². The lowest BCUT2D eigenvalue weighted by atomic mass is 9.95. The Labute approximate surface area is 170 Å². The Hall–Kier alpha value is -2.58. The standard InChI is InChI=1S/C20H30F2N4O3/c1-3-23-20(25-13-18(27)26-15-7-5-4-6-8-15)24-12-14-11-16(28-2)9-10-17(14)29-19(21)22/h9-11,15,19H,3-8,12-13H2,1-2H3,(H,26,27)(H2,23,24,25). The predicted octanol–water partition coefficient (Wildman–Crippen LogP) is 2.80. The Morgan fingerprint density at radius 1 is 1.24 bits per heavy atom. The molecule has 0 unspecified atom stereocenters. The molecule has 2 rings (SSSR count). The number of alkyl halides is 2. The molecule has 0 spiro atoms. The molecule has 0 saturated heterocycles. The van der Waals surface area contributed by atoms with Gasteiger partial charge in [-0.05, 0) is 38.0 Å². The van der Waals surface area contributed by atoms with Gasteiger partial charge in [0.05, 0.1) is 20.2 Å². The molecule has 1 amide bonds. The lowest BCUT2D eigenvalue weighted by Crippen LogP contribution is -2.46. The highest BCUT2D eigenvalue weighted by atomic mass is 19.3. The number of ether oxygens (including phenoxy) is 2. The van der Waals surface area contributed by atoms with E-state index in [2.05, 4.69) is 25.7 Å². The Balaban J connectivity index is 1.97. The van der Waals surface area contributed by atoms with Crippen LogP contribution in [0, 0.1) is 0 Å². The minimum Gasteiger partial charge on any atom is -0.497 e. The summed E-state index contributed by atoms with van der Waals surface area (Å²) in [5.74, 6) is 0.875. The van der Waals surface area contributed by atoms with E-state index in [0.29, 0.717) is 23.8 Å². The van der Waals surface area contributed by atoms with Gasteiger partial charge in [0.2, 0.25) is 5.91 Å². The third kappa shape index (κ3) is 8.13. The molecular formula is C20H30F2N4O3. The van der Waals surface area contributed by atoms with Crippen molar-refractivity contribution in [2.24, 2.45) is 4.99 Å². The second-order valence-electron chi connectivity index (χ2n) is 6.80. The van der Waals surface area contributed by atoms with E-state index in [4.69, 9.17) is 4.74 Å². The van der Waals surface area contributed by atoms with E-state index >= 15 is 0 Å². The molecule has 1 fully saturated rings. The van der Waals surface area contributed by atoms with E-state index in [-0.39, 0.29) is 30.8 Å². The van der Waals surface area contributed by atoms with Crippen molar-refractivity contribution in [3.63, 3.8) is 0 Å². The molecular weight excluding hydrogens is 382 g/mol. The highest BCUT2D eigenvalue weighted by Gasteiger charge is 2.16. The van der Waals surface area contributed by atoms with Crippen LogP contribution in [0.3, 0.4) is 0 Å². The van der Waals surface area contributed by atoms with Gasteiger partial charge in [-0.1, -0.05) is 19.3 Å². The topological polar surface area (TPSA) is 84.0 Å². The summed E-state index contributed by atoms with van der Waals surface area (Å²) in [6.07, 6.45) is 5.55. The highest BCUT2D eigenvalue weighted by Crippen LogP contribution is 2.26. The van der Waals surface area contributed by atoms with E-state index in [1.54, 1.807) is 12.1 Å². The van der Waals surface area contributed by atoms with Crippen LogP contribution in [0.5, 0.6) is 11.5 Å². The van der Waals surface area contributed by atoms with Crippen molar-refractivity contribution in [2.45, 2.75) is 58.2 Å². The molecule has 1 aromatic carbocycles. The van der Waals surface area contributed by atoms with Gasteiger partial charge in [0.25, 0.3) is 0 Å². The Morgan fingerprint density at radius 2 is 2.00 bits per heavy atom. The zero-order valence-electron chi connectivity index (χ0n) is 17.0. The number of halogens is 2. The number of benzene rings is 1. The van der Waals surface area contributed by atoms with E-state index < -0.39 is 6.61 Å². The molecule has 3 N–H and O–H groups in total. The molecule has 162 valence electrons. The van der Waals surface area contributed by atoms with Gasteiger partial charge < -0.3 is 25.4 Å². The summed E-state index contributed by atoms with van der Waals surface area (Å²) in [5.41, 5.74) is 0.452. The summed E-state index contributed by atoms with van der Waals surface area (Å²) >= 11 is 0. The first-order chi connectivity index (χ1) is 14.0. The number of guanidine groups is 1. The van der Waals surface area contributed by atoms with Gasteiger partial charge in [-0.15, -0.1) is 0 Å². The zero-order chi connectivity index (χ0) is 21.1. The third-order valence-corrected chi connectivity index (χ3v) is 4.62. The maximum absolute atomic E-state index is 12.6. The molecule has 7 nitrogen and oxygen atoms in total. The number of nitrogens with zero attached hydrogens (tertiary/aromatic N) is 1. The average Bonchev–Trinajstić information content (AvgIpc) is 2.71. The van der Waals surface area contributed by atoms with E-state index in [1.807, 2.05) is 6.92 Å².